The molecule has 3 heterocycles. The van der Waals surface area contributed by atoms with Gasteiger partial charge in [-0.3, -0.25) is 9.69 Å². The van der Waals surface area contributed by atoms with Gasteiger partial charge in [-0.2, -0.15) is 0 Å². The van der Waals surface area contributed by atoms with Crippen LogP contribution in [0.1, 0.15) is 34.1 Å². The van der Waals surface area contributed by atoms with Crippen LogP contribution in [0, 0.1) is 0 Å². The van der Waals surface area contributed by atoms with E-state index in [2.05, 4.69) is 32.7 Å². The Labute approximate surface area is 133 Å². The number of amides is 1. The minimum atomic E-state index is -0.180. The van der Waals surface area contributed by atoms with Crippen molar-refractivity contribution in [3.63, 3.8) is 0 Å². The second kappa shape index (κ2) is 7.04. The van der Waals surface area contributed by atoms with Crippen molar-refractivity contribution in [3.05, 3.63) is 40.2 Å². The highest BCUT2D eigenvalue weighted by molar-refractivity contribution is 7.09. The number of carbonyl (C=O) groups is 1. The van der Waals surface area contributed by atoms with Gasteiger partial charge in [-0.15, -0.1) is 11.3 Å². The highest BCUT2D eigenvalue weighted by Gasteiger charge is 2.22. The minimum Gasteiger partial charge on any atom is -0.447 e. The van der Waals surface area contributed by atoms with Gasteiger partial charge in [0.05, 0.1) is 6.54 Å². The van der Waals surface area contributed by atoms with Gasteiger partial charge in [0.15, 0.2) is 5.69 Å². The quantitative estimate of drug-likeness (QED) is 0.874. The molecule has 1 amide bonds. The second-order valence-electron chi connectivity index (χ2n) is 5.43. The molecule has 22 heavy (non-hydrogen) atoms. The van der Waals surface area contributed by atoms with Gasteiger partial charge in [-0.1, -0.05) is 6.07 Å². The summed E-state index contributed by atoms with van der Waals surface area (Å²) < 4.78 is 5.10. The average molecular weight is 320 g/mol. The van der Waals surface area contributed by atoms with Crippen LogP contribution in [0.15, 0.2) is 28.2 Å². The molecular formula is C15H20N4O2S. The summed E-state index contributed by atoms with van der Waals surface area (Å²) in [5.41, 5.74) is 5.73. The maximum Gasteiger partial charge on any atom is 0.273 e. The van der Waals surface area contributed by atoms with Crippen molar-refractivity contribution in [2.45, 2.75) is 32.0 Å². The lowest BCUT2D eigenvalue weighted by atomic mass is 10.0. The minimum absolute atomic E-state index is 0.180. The molecule has 7 heteroatoms. The SMILES string of the molecule is NCc1nc(C(=O)NC2CCN(Cc3cccs3)CC2)co1. The predicted octanol–water partition coefficient (Wildman–Crippen LogP) is 1.59. The van der Waals surface area contributed by atoms with E-state index in [-0.39, 0.29) is 18.5 Å². The molecule has 3 rings (SSSR count). The topological polar surface area (TPSA) is 84.4 Å². The van der Waals surface area contributed by atoms with E-state index in [0.717, 1.165) is 32.5 Å². The second-order valence-corrected chi connectivity index (χ2v) is 6.47. The first kappa shape index (κ1) is 15.2. The zero-order valence-electron chi connectivity index (χ0n) is 12.3. The molecular weight excluding hydrogens is 300 g/mol. The van der Waals surface area contributed by atoms with Crippen LogP contribution in [-0.2, 0) is 13.1 Å². The smallest absolute Gasteiger partial charge is 0.273 e. The lowest BCUT2D eigenvalue weighted by Gasteiger charge is -2.31. The molecule has 118 valence electrons. The van der Waals surface area contributed by atoms with Gasteiger partial charge in [0.25, 0.3) is 5.91 Å². The van der Waals surface area contributed by atoms with E-state index in [0.29, 0.717) is 11.6 Å². The number of carbonyl (C=O) groups excluding carboxylic acids is 1. The number of nitrogens with one attached hydrogen (secondary N) is 1. The molecule has 3 N–H and O–H groups in total. The molecule has 0 aliphatic carbocycles. The van der Waals surface area contributed by atoms with Crippen molar-refractivity contribution < 1.29 is 9.21 Å². The Kier molecular flexibility index (Phi) is 4.87. The van der Waals surface area contributed by atoms with Gasteiger partial charge in [0.2, 0.25) is 5.89 Å². The number of thiophene rings is 1. The van der Waals surface area contributed by atoms with Crippen molar-refractivity contribution in [2.75, 3.05) is 13.1 Å². The van der Waals surface area contributed by atoms with Gasteiger partial charge in [-0.25, -0.2) is 4.98 Å². The van der Waals surface area contributed by atoms with Crippen LogP contribution in [-0.4, -0.2) is 34.9 Å². The van der Waals surface area contributed by atoms with Crippen LogP contribution >= 0.6 is 11.3 Å². The number of hydrogen-bond acceptors (Lipinski definition) is 6. The van der Waals surface area contributed by atoms with Crippen molar-refractivity contribution in [1.29, 1.82) is 0 Å². The number of hydrogen-bond donors (Lipinski definition) is 2. The summed E-state index contributed by atoms with van der Waals surface area (Å²) in [7, 11) is 0. The fraction of sp³-hybridized carbons (Fsp3) is 0.467. The first-order valence-electron chi connectivity index (χ1n) is 7.44. The number of nitrogens with two attached hydrogens (primary N) is 1. The van der Waals surface area contributed by atoms with Crippen molar-refractivity contribution >= 4 is 17.2 Å². The standard InChI is InChI=1S/C15H20N4O2S/c16-8-14-18-13(10-21-14)15(20)17-11-3-5-19(6-4-11)9-12-2-1-7-22-12/h1-2,7,10-11H,3-6,8-9,16H2,(H,17,20). The summed E-state index contributed by atoms with van der Waals surface area (Å²) in [5.74, 6) is 0.205. The van der Waals surface area contributed by atoms with Crippen LogP contribution in [0.3, 0.4) is 0 Å². The molecule has 1 fully saturated rings. The molecule has 1 saturated heterocycles. The first-order valence-corrected chi connectivity index (χ1v) is 8.32. The lowest BCUT2D eigenvalue weighted by Crippen LogP contribution is -2.44. The van der Waals surface area contributed by atoms with Crippen molar-refractivity contribution in [3.8, 4) is 0 Å². The Bertz CT molecular complexity index is 603. The third-order valence-corrected chi connectivity index (χ3v) is 4.70. The van der Waals surface area contributed by atoms with Gasteiger partial charge >= 0.3 is 0 Å². The number of oxazole rings is 1. The molecule has 0 saturated carbocycles. The molecule has 0 aromatic carbocycles. The summed E-state index contributed by atoms with van der Waals surface area (Å²) in [5, 5.41) is 5.13. The van der Waals surface area contributed by atoms with E-state index in [1.54, 1.807) is 11.3 Å². The highest BCUT2D eigenvalue weighted by Crippen LogP contribution is 2.17. The zero-order chi connectivity index (χ0) is 15.4. The first-order chi connectivity index (χ1) is 10.7. The summed E-state index contributed by atoms with van der Waals surface area (Å²) in [4.78, 5) is 20.0. The van der Waals surface area contributed by atoms with Crippen LogP contribution in [0.25, 0.3) is 0 Å². The molecule has 6 nitrogen and oxygen atoms in total. The third kappa shape index (κ3) is 3.73. The summed E-state index contributed by atoms with van der Waals surface area (Å²) >= 11 is 1.79. The molecule has 0 radical (unpaired) electrons. The number of aromatic nitrogens is 1. The van der Waals surface area contributed by atoms with Gasteiger partial charge < -0.3 is 15.5 Å². The third-order valence-electron chi connectivity index (χ3n) is 3.84. The van der Waals surface area contributed by atoms with Crippen molar-refractivity contribution in [1.82, 2.24) is 15.2 Å². The van der Waals surface area contributed by atoms with Crippen LogP contribution in [0.2, 0.25) is 0 Å². The van der Waals surface area contributed by atoms with Crippen LogP contribution in [0.5, 0.6) is 0 Å². The fourth-order valence-electron chi connectivity index (χ4n) is 2.63. The van der Waals surface area contributed by atoms with E-state index in [1.807, 2.05) is 0 Å². The van der Waals surface area contributed by atoms with Crippen molar-refractivity contribution in [2.24, 2.45) is 5.73 Å². The summed E-state index contributed by atoms with van der Waals surface area (Å²) in [6, 6.07) is 4.45. The predicted molar refractivity (Wildman–Crippen MR) is 84.5 cm³/mol. The Balaban J connectivity index is 1.46. The van der Waals surface area contributed by atoms with E-state index in [9.17, 15) is 4.79 Å². The molecule has 2 aromatic rings. The molecule has 0 bridgehead atoms. The molecule has 0 atom stereocenters. The largest absolute Gasteiger partial charge is 0.447 e. The maximum atomic E-state index is 12.1. The van der Waals surface area contributed by atoms with E-state index < -0.39 is 0 Å². The molecule has 0 spiro atoms. The monoisotopic (exact) mass is 320 g/mol. The van der Waals surface area contributed by atoms with Crippen LogP contribution in [0.4, 0.5) is 0 Å². The molecule has 1 aliphatic heterocycles. The number of nitrogens with zero attached hydrogens (tertiary/aromatic N) is 2. The fourth-order valence-corrected chi connectivity index (χ4v) is 3.37. The highest BCUT2D eigenvalue weighted by atomic mass is 32.1. The summed E-state index contributed by atoms with van der Waals surface area (Å²) in [6.45, 7) is 3.20. The Morgan fingerprint density at radius 3 is 2.95 bits per heavy atom. The molecule has 2 aromatic heterocycles. The number of piperidine rings is 1. The number of rotatable bonds is 5. The molecule has 1 aliphatic rings. The average Bonchev–Trinajstić information content (AvgIpc) is 3.20. The lowest BCUT2D eigenvalue weighted by molar-refractivity contribution is 0.0904. The Hall–Kier alpha value is -1.70. The Morgan fingerprint density at radius 1 is 1.50 bits per heavy atom. The van der Waals surface area contributed by atoms with E-state index in [1.165, 1.54) is 11.1 Å². The van der Waals surface area contributed by atoms with Gasteiger partial charge in [0, 0.05) is 30.6 Å². The van der Waals surface area contributed by atoms with E-state index >= 15 is 0 Å². The molecule has 0 unspecified atom stereocenters. The number of likely N-dealkylation sites (tertiary alicyclic amines) is 1. The van der Waals surface area contributed by atoms with E-state index in [4.69, 9.17) is 10.2 Å². The normalized spacial score (nSPS) is 16.8. The summed E-state index contributed by atoms with van der Waals surface area (Å²) in [6.07, 6.45) is 3.28. The van der Waals surface area contributed by atoms with Crippen LogP contribution < -0.4 is 11.1 Å². The Morgan fingerprint density at radius 2 is 2.32 bits per heavy atom. The zero-order valence-corrected chi connectivity index (χ0v) is 13.1. The van der Waals surface area contributed by atoms with Gasteiger partial charge in [-0.05, 0) is 24.3 Å². The maximum absolute atomic E-state index is 12.1. The van der Waals surface area contributed by atoms with Gasteiger partial charge in [0.1, 0.15) is 6.26 Å².